The van der Waals surface area contributed by atoms with E-state index >= 15 is 0 Å². The molecule has 3 aromatic heterocycles. The minimum absolute atomic E-state index is 0.0492. The van der Waals surface area contributed by atoms with E-state index in [1.807, 2.05) is 34.5 Å². The second-order valence-corrected chi connectivity index (χ2v) is 7.71. The van der Waals surface area contributed by atoms with E-state index in [9.17, 15) is 4.79 Å². The number of aromatic nitrogens is 2. The lowest BCUT2D eigenvalue weighted by atomic mass is 10.0. The van der Waals surface area contributed by atoms with Crippen molar-refractivity contribution in [2.45, 2.75) is 24.3 Å². The number of thiophene rings is 2. The van der Waals surface area contributed by atoms with Crippen LogP contribution in [-0.2, 0) is 10.2 Å². The van der Waals surface area contributed by atoms with Crippen molar-refractivity contribution in [2.24, 2.45) is 0 Å². The van der Waals surface area contributed by atoms with Gasteiger partial charge < -0.3 is 5.32 Å². The number of hydrogen-bond donors (Lipinski definition) is 1. The maximum Gasteiger partial charge on any atom is 0.231 e. The van der Waals surface area contributed by atoms with Gasteiger partial charge in [-0.05, 0) is 41.8 Å². The number of rotatable bonds is 6. The highest BCUT2D eigenvalue weighted by molar-refractivity contribution is 7.10. The molecule has 0 radical (unpaired) electrons. The van der Waals surface area contributed by atoms with Gasteiger partial charge in [-0.15, -0.1) is 22.7 Å². The van der Waals surface area contributed by atoms with Gasteiger partial charge in [0, 0.05) is 28.7 Å². The Balaban J connectivity index is 1.49. The van der Waals surface area contributed by atoms with Crippen molar-refractivity contribution in [3.8, 4) is 0 Å². The lowest BCUT2D eigenvalue weighted by Gasteiger charge is -2.19. The number of nitrogens with one attached hydrogen (secondary N) is 1. The van der Waals surface area contributed by atoms with E-state index in [1.165, 1.54) is 9.75 Å². The molecule has 3 heterocycles. The number of carbonyl (C=O) groups excluding carboxylic acids is 1. The first kappa shape index (κ1) is 14.7. The Bertz CT molecular complexity index is 725. The van der Waals surface area contributed by atoms with Crippen LogP contribution in [0.3, 0.4) is 0 Å². The Morgan fingerprint density at radius 3 is 2.70 bits per heavy atom. The first-order valence-electron chi connectivity index (χ1n) is 7.64. The molecule has 118 valence electrons. The molecule has 0 saturated heterocycles. The summed E-state index contributed by atoms with van der Waals surface area (Å²) in [5, 5.41) is 11.6. The molecule has 23 heavy (non-hydrogen) atoms. The maximum atomic E-state index is 12.7. The van der Waals surface area contributed by atoms with Crippen molar-refractivity contribution in [3.05, 3.63) is 63.2 Å². The van der Waals surface area contributed by atoms with Gasteiger partial charge in [0.15, 0.2) is 0 Å². The lowest BCUT2D eigenvalue weighted by molar-refractivity contribution is -0.123. The maximum absolute atomic E-state index is 12.7. The molecule has 4 rings (SSSR count). The van der Waals surface area contributed by atoms with Crippen molar-refractivity contribution in [3.63, 3.8) is 0 Å². The summed E-state index contributed by atoms with van der Waals surface area (Å²) in [6.07, 6.45) is 5.62. The molecule has 0 aliphatic heterocycles. The molecule has 1 saturated carbocycles. The Kier molecular flexibility index (Phi) is 3.79. The van der Waals surface area contributed by atoms with Gasteiger partial charge in [0.2, 0.25) is 5.91 Å². The normalized spacial score (nSPS) is 16.9. The molecular formula is C17H17N3OS2. The van der Waals surface area contributed by atoms with E-state index in [4.69, 9.17) is 0 Å². The predicted octanol–water partition coefficient (Wildman–Crippen LogP) is 3.44. The average Bonchev–Trinajstić information content (AvgIpc) is 3.10. The minimum atomic E-state index is -0.279. The fraction of sp³-hybridized carbons (Fsp3) is 0.294. The van der Waals surface area contributed by atoms with Crippen molar-refractivity contribution in [1.82, 2.24) is 15.1 Å². The van der Waals surface area contributed by atoms with Crippen LogP contribution in [0.5, 0.6) is 0 Å². The topological polar surface area (TPSA) is 46.9 Å². The molecule has 1 aliphatic rings. The van der Waals surface area contributed by atoms with Crippen LogP contribution < -0.4 is 5.32 Å². The summed E-state index contributed by atoms with van der Waals surface area (Å²) in [5.74, 6) is 0.147. The van der Waals surface area contributed by atoms with Crippen LogP contribution >= 0.6 is 22.7 Å². The Morgan fingerprint density at radius 1 is 1.26 bits per heavy atom. The summed E-state index contributed by atoms with van der Waals surface area (Å²) in [7, 11) is 0. The summed E-state index contributed by atoms with van der Waals surface area (Å²) in [4.78, 5) is 15.1. The largest absolute Gasteiger partial charge is 0.353 e. The number of hydrogen-bond acceptors (Lipinski definition) is 4. The molecule has 1 N–H and O–H groups in total. The monoisotopic (exact) mass is 343 g/mol. The van der Waals surface area contributed by atoms with E-state index < -0.39 is 0 Å². The zero-order chi connectivity index (χ0) is 15.7. The molecule has 4 nitrogen and oxygen atoms in total. The summed E-state index contributed by atoms with van der Waals surface area (Å²) in [6, 6.07) is 10.2. The standard InChI is InChI=1S/C17H17N3OS2/c21-16(17(6-7-17)15-5-2-11-23-15)18-12-13(14-4-1-10-22-14)20-9-3-8-19-20/h1-5,8-11,13H,6-7,12H2,(H,18,21). The van der Waals surface area contributed by atoms with Crippen LogP contribution in [0.2, 0.25) is 0 Å². The fourth-order valence-corrected chi connectivity index (χ4v) is 4.69. The van der Waals surface area contributed by atoms with Gasteiger partial charge in [-0.25, -0.2) is 0 Å². The SMILES string of the molecule is O=C(NCC(c1cccs1)n1cccn1)C1(c2cccs2)CC1. The zero-order valence-corrected chi connectivity index (χ0v) is 14.1. The first-order valence-corrected chi connectivity index (χ1v) is 9.40. The summed E-state index contributed by atoms with van der Waals surface area (Å²) >= 11 is 3.37. The molecule has 1 unspecified atom stereocenters. The van der Waals surface area contributed by atoms with Crippen molar-refractivity contribution < 1.29 is 4.79 Å². The molecule has 1 aliphatic carbocycles. The zero-order valence-electron chi connectivity index (χ0n) is 12.5. The molecular weight excluding hydrogens is 326 g/mol. The van der Waals surface area contributed by atoms with Crippen LogP contribution in [-0.4, -0.2) is 22.2 Å². The quantitative estimate of drug-likeness (QED) is 0.745. The highest BCUT2D eigenvalue weighted by Crippen LogP contribution is 2.50. The van der Waals surface area contributed by atoms with E-state index in [0.717, 1.165) is 12.8 Å². The minimum Gasteiger partial charge on any atom is -0.353 e. The van der Waals surface area contributed by atoms with E-state index in [1.54, 1.807) is 28.9 Å². The van der Waals surface area contributed by atoms with Gasteiger partial charge in [0.25, 0.3) is 0 Å². The summed E-state index contributed by atoms with van der Waals surface area (Å²) < 4.78 is 1.91. The van der Waals surface area contributed by atoms with E-state index in [0.29, 0.717) is 6.54 Å². The molecule has 0 bridgehead atoms. The molecule has 1 fully saturated rings. The van der Waals surface area contributed by atoms with Crippen molar-refractivity contribution in [1.29, 1.82) is 0 Å². The molecule has 0 spiro atoms. The predicted molar refractivity (Wildman–Crippen MR) is 92.9 cm³/mol. The van der Waals surface area contributed by atoms with Crippen LogP contribution in [0.25, 0.3) is 0 Å². The number of nitrogens with zero attached hydrogens (tertiary/aromatic N) is 2. The summed E-state index contributed by atoms with van der Waals surface area (Å²) in [6.45, 7) is 0.564. The third kappa shape index (κ3) is 2.72. The van der Waals surface area contributed by atoms with Crippen LogP contribution in [0, 0.1) is 0 Å². The molecule has 1 amide bonds. The molecule has 1 atom stereocenters. The van der Waals surface area contributed by atoms with E-state index in [-0.39, 0.29) is 17.4 Å². The third-order valence-electron chi connectivity index (χ3n) is 4.35. The Morgan fingerprint density at radius 2 is 2.09 bits per heavy atom. The number of amides is 1. The average molecular weight is 343 g/mol. The van der Waals surface area contributed by atoms with Gasteiger partial charge in [0.05, 0.1) is 5.41 Å². The molecule has 6 heteroatoms. The Labute approximate surface area is 142 Å². The Hall–Kier alpha value is -1.92. The van der Waals surface area contributed by atoms with Gasteiger partial charge >= 0.3 is 0 Å². The third-order valence-corrected chi connectivity index (χ3v) is 6.40. The van der Waals surface area contributed by atoms with Crippen molar-refractivity contribution in [2.75, 3.05) is 6.54 Å². The van der Waals surface area contributed by atoms with Crippen LogP contribution in [0.15, 0.2) is 53.5 Å². The highest BCUT2D eigenvalue weighted by Gasteiger charge is 2.52. The van der Waals surface area contributed by atoms with Gasteiger partial charge in [-0.3, -0.25) is 9.48 Å². The summed E-state index contributed by atoms with van der Waals surface area (Å²) in [5.41, 5.74) is -0.279. The first-order chi connectivity index (χ1) is 11.3. The smallest absolute Gasteiger partial charge is 0.231 e. The second kappa shape index (κ2) is 5.94. The van der Waals surface area contributed by atoms with Gasteiger partial charge in [0.1, 0.15) is 6.04 Å². The number of carbonyl (C=O) groups is 1. The van der Waals surface area contributed by atoms with Crippen LogP contribution in [0.4, 0.5) is 0 Å². The van der Waals surface area contributed by atoms with Gasteiger partial charge in [-0.2, -0.15) is 5.10 Å². The molecule has 0 aromatic carbocycles. The lowest BCUT2D eigenvalue weighted by Crippen LogP contribution is -2.38. The van der Waals surface area contributed by atoms with E-state index in [2.05, 4.69) is 27.9 Å². The highest BCUT2D eigenvalue weighted by atomic mass is 32.1. The van der Waals surface area contributed by atoms with Crippen molar-refractivity contribution >= 4 is 28.6 Å². The second-order valence-electron chi connectivity index (χ2n) is 5.79. The molecule has 3 aromatic rings. The fourth-order valence-electron chi connectivity index (χ4n) is 2.89. The van der Waals surface area contributed by atoms with Gasteiger partial charge in [-0.1, -0.05) is 12.1 Å². The van der Waals surface area contributed by atoms with Crippen LogP contribution in [0.1, 0.15) is 28.6 Å².